The van der Waals surface area contributed by atoms with Crippen molar-refractivity contribution in [1.82, 2.24) is 9.88 Å². The third-order valence-electron chi connectivity index (χ3n) is 2.49. The van der Waals surface area contributed by atoms with Gasteiger partial charge in [-0.1, -0.05) is 32.4 Å². The molecule has 0 unspecified atom stereocenters. The van der Waals surface area contributed by atoms with Crippen molar-refractivity contribution in [2.75, 3.05) is 6.54 Å². The van der Waals surface area contributed by atoms with E-state index in [4.69, 9.17) is 11.6 Å². The Morgan fingerprint density at radius 1 is 1.39 bits per heavy atom. The second-order valence-corrected chi connectivity index (χ2v) is 5.67. The predicted octanol–water partition coefficient (Wildman–Crippen LogP) is 2.05. The van der Waals surface area contributed by atoms with Gasteiger partial charge in [-0.2, -0.15) is 0 Å². The van der Waals surface area contributed by atoms with E-state index in [-0.39, 0.29) is 16.9 Å². The maximum atomic E-state index is 11.6. The fourth-order valence-electron chi connectivity index (χ4n) is 1.39. The zero-order valence-electron chi connectivity index (χ0n) is 11.0. The van der Waals surface area contributed by atoms with Gasteiger partial charge in [0.2, 0.25) is 5.91 Å². The Hall–Kier alpha value is -1.29. The van der Waals surface area contributed by atoms with E-state index in [1.165, 1.54) is 6.07 Å². The second kappa shape index (κ2) is 6.05. The molecular formula is C13H19ClN2O2. The first-order valence-corrected chi connectivity index (χ1v) is 6.33. The van der Waals surface area contributed by atoms with Crippen LogP contribution in [0.1, 0.15) is 27.2 Å². The Labute approximate surface area is 112 Å². The standard InChI is InChI=1S/C13H19ClN2O2/c1-13(2,3)12(18)15-7-4-8-16-9-10(14)5-6-11(16)17/h5-6,9H,4,7-8H2,1-3H3,(H,15,18). The lowest BCUT2D eigenvalue weighted by Crippen LogP contribution is -2.35. The molecule has 18 heavy (non-hydrogen) atoms. The van der Waals surface area contributed by atoms with Gasteiger partial charge in [0.15, 0.2) is 0 Å². The first-order chi connectivity index (χ1) is 8.30. The maximum Gasteiger partial charge on any atom is 0.250 e. The van der Waals surface area contributed by atoms with Crippen molar-refractivity contribution < 1.29 is 4.79 Å². The van der Waals surface area contributed by atoms with Gasteiger partial charge in [-0.05, 0) is 12.5 Å². The zero-order chi connectivity index (χ0) is 13.8. The van der Waals surface area contributed by atoms with Crippen molar-refractivity contribution in [3.05, 3.63) is 33.7 Å². The molecule has 1 aromatic heterocycles. The largest absolute Gasteiger partial charge is 0.356 e. The number of carbonyl (C=O) groups is 1. The Morgan fingerprint density at radius 3 is 2.67 bits per heavy atom. The van der Waals surface area contributed by atoms with Gasteiger partial charge in [0.05, 0.1) is 5.02 Å². The van der Waals surface area contributed by atoms with Crippen LogP contribution in [-0.4, -0.2) is 17.0 Å². The molecule has 0 aliphatic rings. The minimum Gasteiger partial charge on any atom is -0.356 e. The van der Waals surface area contributed by atoms with E-state index in [0.717, 1.165) is 0 Å². The van der Waals surface area contributed by atoms with Gasteiger partial charge >= 0.3 is 0 Å². The third-order valence-corrected chi connectivity index (χ3v) is 2.71. The lowest BCUT2D eigenvalue weighted by Gasteiger charge is -2.17. The van der Waals surface area contributed by atoms with Gasteiger partial charge in [-0.25, -0.2) is 0 Å². The number of rotatable bonds is 4. The number of nitrogens with zero attached hydrogens (tertiary/aromatic N) is 1. The highest BCUT2D eigenvalue weighted by Crippen LogP contribution is 2.12. The van der Waals surface area contributed by atoms with Crippen LogP contribution in [0.5, 0.6) is 0 Å². The summed E-state index contributed by atoms with van der Waals surface area (Å²) in [7, 11) is 0. The molecule has 1 rings (SSSR count). The normalized spacial score (nSPS) is 11.3. The van der Waals surface area contributed by atoms with Crippen LogP contribution in [0.4, 0.5) is 0 Å². The molecule has 0 radical (unpaired) electrons. The van der Waals surface area contributed by atoms with E-state index < -0.39 is 0 Å². The summed E-state index contributed by atoms with van der Waals surface area (Å²) in [6.45, 7) is 6.69. The van der Waals surface area contributed by atoms with Crippen molar-refractivity contribution in [3.63, 3.8) is 0 Å². The Balaban J connectivity index is 2.41. The molecule has 0 aliphatic heterocycles. The van der Waals surface area contributed by atoms with E-state index in [1.807, 2.05) is 20.8 Å². The van der Waals surface area contributed by atoms with Crippen LogP contribution in [0.25, 0.3) is 0 Å². The smallest absolute Gasteiger partial charge is 0.250 e. The number of aromatic nitrogens is 1. The molecule has 1 aromatic rings. The quantitative estimate of drug-likeness (QED) is 0.852. The lowest BCUT2D eigenvalue weighted by molar-refractivity contribution is -0.128. The Kier molecular flexibility index (Phi) is 4.96. The number of pyridine rings is 1. The monoisotopic (exact) mass is 270 g/mol. The highest BCUT2D eigenvalue weighted by Gasteiger charge is 2.20. The summed E-state index contributed by atoms with van der Waals surface area (Å²) < 4.78 is 1.55. The first-order valence-electron chi connectivity index (χ1n) is 5.95. The van der Waals surface area contributed by atoms with E-state index in [9.17, 15) is 9.59 Å². The van der Waals surface area contributed by atoms with E-state index in [0.29, 0.717) is 24.5 Å². The molecule has 1 heterocycles. The zero-order valence-corrected chi connectivity index (χ0v) is 11.8. The number of hydrogen-bond donors (Lipinski definition) is 1. The number of hydrogen-bond acceptors (Lipinski definition) is 2. The van der Waals surface area contributed by atoms with E-state index in [1.54, 1.807) is 16.8 Å². The minimum atomic E-state index is -0.382. The highest BCUT2D eigenvalue weighted by molar-refractivity contribution is 6.30. The lowest BCUT2D eigenvalue weighted by atomic mass is 9.96. The average Bonchev–Trinajstić information content (AvgIpc) is 2.27. The molecular weight excluding hydrogens is 252 g/mol. The summed E-state index contributed by atoms with van der Waals surface area (Å²) >= 11 is 5.81. The van der Waals surface area contributed by atoms with E-state index in [2.05, 4.69) is 5.32 Å². The molecule has 0 aromatic carbocycles. The summed E-state index contributed by atoms with van der Waals surface area (Å²) in [4.78, 5) is 23.1. The SMILES string of the molecule is CC(C)(C)C(=O)NCCCn1cc(Cl)ccc1=O. The average molecular weight is 271 g/mol. The molecule has 1 amide bonds. The number of carbonyl (C=O) groups excluding carboxylic acids is 1. The number of halogens is 1. The number of nitrogens with one attached hydrogen (secondary N) is 1. The predicted molar refractivity (Wildman–Crippen MR) is 72.8 cm³/mol. The van der Waals surface area contributed by atoms with Crippen LogP contribution in [-0.2, 0) is 11.3 Å². The highest BCUT2D eigenvalue weighted by atomic mass is 35.5. The van der Waals surface area contributed by atoms with Gasteiger partial charge in [0.1, 0.15) is 0 Å². The number of aryl methyl sites for hydroxylation is 1. The maximum absolute atomic E-state index is 11.6. The van der Waals surface area contributed by atoms with Gasteiger partial charge in [0.25, 0.3) is 5.56 Å². The van der Waals surface area contributed by atoms with Gasteiger partial charge in [-0.3, -0.25) is 9.59 Å². The molecule has 0 atom stereocenters. The molecule has 5 heteroatoms. The molecule has 0 saturated heterocycles. The minimum absolute atomic E-state index is 0.0148. The van der Waals surface area contributed by atoms with Gasteiger partial charge < -0.3 is 9.88 Å². The van der Waals surface area contributed by atoms with Crippen molar-refractivity contribution in [2.24, 2.45) is 5.41 Å². The Morgan fingerprint density at radius 2 is 2.06 bits per heavy atom. The molecule has 0 saturated carbocycles. The molecule has 4 nitrogen and oxygen atoms in total. The Bertz CT molecular complexity index is 475. The second-order valence-electron chi connectivity index (χ2n) is 5.24. The van der Waals surface area contributed by atoms with Crippen LogP contribution >= 0.6 is 11.6 Å². The topological polar surface area (TPSA) is 51.1 Å². The van der Waals surface area contributed by atoms with Crippen molar-refractivity contribution in [3.8, 4) is 0 Å². The summed E-state index contributed by atoms with van der Waals surface area (Å²) in [5.74, 6) is 0.0148. The van der Waals surface area contributed by atoms with Crippen LogP contribution in [0, 0.1) is 5.41 Å². The first kappa shape index (κ1) is 14.8. The van der Waals surface area contributed by atoms with Crippen LogP contribution < -0.4 is 10.9 Å². The van der Waals surface area contributed by atoms with Crippen LogP contribution in [0.3, 0.4) is 0 Å². The molecule has 0 fully saturated rings. The molecule has 0 aliphatic carbocycles. The fraction of sp³-hybridized carbons (Fsp3) is 0.538. The van der Waals surface area contributed by atoms with E-state index >= 15 is 0 Å². The molecule has 0 bridgehead atoms. The third kappa shape index (κ3) is 4.53. The molecule has 100 valence electrons. The summed E-state index contributed by atoms with van der Waals surface area (Å²) in [5, 5.41) is 3.38. The summed E-state index contributed by atoms with van der Waals surface area (Å²) in [6.07, 6.45) is 2.30. The summed E-state index contributed by atoms with van der Waals surface area (Å²) in [5.41, 5.74) is -0.464. The van der Waals surface area contributed by atoms with Gasteiger partial charge in [0, 0.05) is 30.8 Å². The van der Waals surface area contributed by atoms with Crippen molar-refractivity contribution in [2.45, 2.75) is 33.7 Å². The van der Waals surface area contributed by atoms with Crippen molar-refractivity contribution >= 4 is 17.5 Å². The molecule has 0 spiro atoms. The fourth-order valence-corrected chi connectivity index (χ4v) is 1.57. The summed E-state index contributed by atoms with van der Waals surface area (Å²) in [6, 6.07) is 3.01. The van der Waals surface area contributed by atoms with Gasteiger partial charge in [-0.15, -0.1) is 0 Å². The number of amides is 1. The van der Waals surface area contributed by atoms with Crippen molar-refractivity contribution in [1.29, 1.82) is 0 Å². The van der Waals surface area contributed by atoms with Crippen LogP contribution in [0.15, 0.2) is 23.1 Å². The molecule has 1 N–H and O–H groups in total. The van der Waals surface area contributed by atoms with Crippen LogP contribution in [0.2, 0.25) is 5.02 Å².